The fourth-order valence-electron chi connectivity index (χ4n) is 1.76. The molecule has 2 rings (SSSR count). The van der Waals surface area contributed by atoms with Crippen LogP contribution >= 0.6 is 0 Å². The molecule has 1 aliphatic rings. The fourth-order valence-corrected chi connectivity index (χ4v) is 1.76. The maximum atomic E-state index is 6.21. The van der Waals surface area contributed by atoms with Gasteiger partial charge >= 0.3 is 0 Å². The highest BCUT2D eigenvalue weighted by atomic mass is 16.5. The van der Waals surface area contributed by atoms with Crippen molar-refractivity contribution in [1.29, 1.82) is 0 Å². The van der Waals surface area contributed by atoms with Gasteiger partial charge in [0.05, 0.1) is 6.10 Å². The van der Waals surface area contributed by atoms with Gasteiger partial charge in [0.1, 0.15) is 5.75 Å². The first-order valence-electron chi connectivity index (χ1n) is 6.23. The molecule has 2 atom stereocenters. The van der Waals surface area contributed by atoms with E-state index >= 15 is 0 Å². The van der Waals surface area contributed by atoms with Crippen molar-refractivity contribution in [2.75, 3.05) is 0 Å². The first-order chi connectivity index (χ1) is 7.70. The molecule has 2 heteroatoms. The van der Waals surface area contributed by atoms with Crippen molar-refractivity contribution in [2.24, 2.45) is 11.7 Å². The molecule has 2 nitrogen and oxygen atoms in total. The molecule has 2 N–H and O–H groups in total. The molecule has 1 fully saturated rings. The molecule has 0 bridgehead atoms. The highest BCUT2D eigenvalue weighted by Crippen LogP contribution is 2.29. The molecule has 1 saturated carbocycles. The Morgan fingerprint density at radius 3 is 2.81 bits per heavy atom. The summed E-state index contributed by atoms with van der Waals surface area (Å²) in [5, 5.41) is 0. The maximum absolute atomic E-state index is 6.21. The van der Waals surface area contributed by atoms with Gasteiger partial charge in [0, 0.05) is 6.04 Å². The standard InChI is InChI=1S/C14H21NO/c1-3-10(2)14(15)11-5-4-6-13(9-11)16-12-7-8-12/h4-6,9-10,12,14H,3,7-8,15H2,1-2H3. The Morgan fingerprint density at radius 2 is 2.19 bits per heavy atom. The normalized spacial score (nSPS) is 19.2. The Balaban J connectivity index is 2.07. The summed E-state index contributed by atoms with van der Waals surface area (Å²) in [7, 11) is 0. The van der Waals surface area contributed by atoms with Crippen molar-refractivity contribution >= 4 is 0 Å². The van der Waals surface area contributed by atoms with E-state index in [1.807, 2.05) is 12.1 Å². The van der Waals surface area contributed by atoms with E-state index in [1.54, 1.807) is 0 Å². The summed E-state index contributed by atoms with van der Waals surface area (Å²) in [6.07, 6.45) is 3.95. The number of hydrogen-bond donors (Lipinski definition) is 1. The van der Waals surface area contributed by atoms with Crippen LogP contribution in [0.5, 0.6) is 5.75 Å². The zero-order chi connectivity index (χ0) is 11.5. The lowest BCUT2D eigenvalue weighted by Crippen LogP contribution is -2.18. The maximum Gasteiger partial charge on any atom is 0.120 e. The minimum absolute atomic E-state index is 0.118. The van der Waals surface area contributed by atoms with Gasteiger partial charge < -0.3 is 10.5 Å². The molecule has 1 aromatic carbocycles. The zero-order valence-corrected chi connectivity index (χ0v) is 10.1. The van der Waals surface area contributed by atoms with Crippen LogP contribution in [-0.4, -0.2) is 6.10 Å². The van der Waals surface area contributed by atoms with Gasteiger partial charge in [0.2, 0.25) is 0 Å². The smallest absolute Gasteiger partial charge is 0.120 e. The number of rotatable bonds is 5. The van der Waals surface area contributed by atoms with E-state index in [9.17, 15) is 0 Å². The van der Waals surface area contributed by atoms with Crippen LogP contribution in [-0.2, 0) is 0 Å². The predicted octanol–water partition coefficient (Wildman–Crippen LogP) is 3.27. The van der Waals surface area contributed by atoms with Crippen LogP contribution in [0.15, 0.2) is 24.3 Å². The molecule has 1 aromatic rings. The van der Waals surface area contributed by atoms with Gasteiger partial charge in [-0.15, -0.1) is 0 Å². The highest BCUT2D eigenvalue weighted by molar-refractivity contribution is 5.31. The molecule has 0 aliphatic heterocycles. The molecule has 1 aliphatic carbocycles. The van der Waals surface area contributed by atoms with E-state index < -0.39 is 0 Å². The van der Waals surface area contributed by atoms with Gasteiger partial charge in [0.25, 0.3) is 0 Å². The molecule has 2 unspecified atom stereocenters. The third-order valence-corrected chi connectivity index (χ3v) is 3.33. The molecule has 16 heavy (non-hydrogen) atoms. The molecule has 0 amide bonds. The number of ether oxygens (including phenoxy) is 1. The summed E-state index contributed by atoms with van der Waals surface area (Å²) in [5.41, 5.74) is 7.40. The molecule has 0 saturated heterocycles. The second-order valence-corrected chi connectivity index (χ2v) is 4.80. The monoisotopic (exact) mass is 219 g/mol. The minimum Gasteiger partial charge on any atom is -0.490 e. The third-order valence-electron chi connectivity index (χ3n) is 3.33. The number of hydrogen-bond acceptors (Lipinski definition) is 2. The van der Waals surface area contributed by atoms with Gasteiger partial charge in [-0.1, -0.05) is 32.4 Å². The van der Waals surface area contributed by atoms with Crippen LogP contribution in [0.1, 0.15) is 44.7 Å². The third kappa shape index (κ3) is 2.76. The van der Waals surface area contributed by atoms with Gasteiger partial charge in [-0.05, 0) is 36.5 Å². The molecule has 0 spiro atoms. The van der Waals surface area contributed by atoms with Crippen LogP contribution in [0, 0.1) is 5.92 Å². The highest BCUT2D eigenvalue weighted by Gasteiger charge is 2.23. The van der Waals surface area contributed by atoms with Crippen molar-refractivity contribution in [2.45, 2.75) is 45.3 Å². The minimum atomic E-state index is 0.118. The van der Waals surface area contributed by atoms with Crippen LogP contribution in [0.4, 0.5) is 0 Å². The number of benzene rings is 1. The Labute approximate surface area is 97.8 Å². The van der Waals surface area contributed by atoms with E-state index in [1.165, 1.54) is 18.4 Å². The summed E-state index contributed by atoms with van der Waals surface area (Å²) in [5.74, 6) is 1.48. The van der Waals surface area contributed by atoms with E-state index in [0.29, 0.717) is 12.0 Å². The molecule has 88 valence electrons. The average molecular weight is 219 g/mol. The van der Waals surface area contributed by atoms with Crippen LogP contribution in [0.2, 0.25) is 0 Å². The average Bonchev–Trinajstić information content (AvgIpc) is 3.11. The van der Waals surface area contributed by atoms with Crippen molar-refractivity contribution < 1.29 is 4.74 Å². The fraction of sp³-hybridized carbons (Fsp3) is 0.571. The van der Waals surface area contributed by atoms with Gasteiger partial charge in [-0.25, -0.2) is 0 Å². The molecule has 0 aromatic heterocycles. The lowest BCUT2D eigenvalue weighted by Gasteiger charge is -2.19. The number of nitrogens with two attached hydrogens (primary N) is 1. The Kier molecular flexibility index (Phi) is 3.49. The lowest BCUT2D eigenvalue weighted by molar-refractivity contribution is 0.302. The summed E-state index contributed by atoms with van der Waals surface area (Å²) in [6, 6.07) is 8.36. The Morgan fingerprint density at radius 1 is 1.44 bits per heavy atom. The van der Waals surface area contributed by atoms with Crippen molar-refractivity contribution in [1.82, 2.24) is 0 Å². The topological polar surface area (TPSA) is 35.2 Å². The van der Waals surface area contributed by atoms with E-state index in [2.05, 4.69) is 26.0 Å². The first-order valence-corrected chi connectivity index (χ1v) is 6.23. The molecular formula is C14H21NO. The lowest BCUT2D eigenvalue weighted by atomic mass is 9.93. The zero-order valence-electron chi connectivity index (χ0n) is 10.1. The van der Waals surface area contributed by atoms with E-state index in [4.69, 9.17) is 10.5 Å². The van der Waals surface area contributed by atoms with Crippen LogP contribution in [0.3, 0.4) is 0 Å². The quantitative estimate of drug-likeness (QED) is 0.825. The summed E-state index contributed by atoms with van der Waals surface area (Å²) in [6.45, 7) is 4.37. The van der Waals surface area contributed by atoms with Gasteiger partial charge in [0.15, 0.2) is 0 Å². The van der Waals surface area contributed by atoms with Crippen molar-refractivity contribution in [3.8, 4) is 5.75 Å². The van der Waals surface area contributed by atoms with Crippen LogP contribution < -0.4 is 10.5 Å². The predicted molar refractivity (Wildman–Crippen MR) is 66.5 cm³/mol. The largest absolute Gasteiger partial charge is 0.490 e. The van der Waals surface area contributed by atoms with Crippen molar-refractivity contribution in [3.05, 3.63) is 29.8 Å². The Hall–Kier alpha value is -1.02. The van der Waals surface area contributed by atoms with E-state index in [0.717, 1.165) is 12.2 Å². The SMILES string of the molecule is CCC(C)C(N)c1cccc(OC2CC2)c1. The summed E-state index contributed by atoms with van der Waals surface area (Å²) >= 11 is 0. The van der Waals surface area contributed by atoms with Crippen LogP contribution in [0.25, 0.3) is 0 Å². The molecule has 0 radical (unpaired) electrons. The van der Waals surface area contributed by atoms with E-state index in [-0.39, 0.29) is 6.04 Å². The second-order valence-electron chi connectivity index (χ2n) is 4.80. The van der Waals surface area contributed by atoms with Gasteiger partial charge in [-0.3, -0.25) is 0 Å². The Bertz CT molecular complexity index is 346. The molecular weight excluding hydrogens is 198 g/mol. The van der Waals surface area contributed by atoms with Crippen molar-refractivity contribution in [3.63, 3.8) is 0 Å². The van der Waals surface area contributed by atoms with Gasteiger partial charge in [-0.2, -0.15) is 0 Å². The summed E-state index contributed by atoms with van der Waals surface area (Å²) in [4.78, 5) is 0. The first kappa shape index (κ1) is 11.5. The molecule has 0 heterocycles. The summed E-state index contributed by atoms with van der Waals surface area (Å²) < 4.78 is 5.77. The second kappa shape index (κ2) is 4.88.